The lowest BCUT2D eigenvalue weighted by atomic mass is 10.1. The van der Waals surface area contributed by atoms with E-state index in [1.165, 1.54) is 25.3 Å². The number of ether oxygens (including phenoxy) is 1. The Kier molecular flexibility index (Phi) is 4.16. The van der Waals surface area contributed by atoms with Crippen LogP contribution in [0.3, 0.4) is 0 Å². The lowest BCUT2D eigenvalue weighted by molar-refractivity contribution is 0.0996. The minimum atomic E-state index is -0.609. The molecule has 1 aromatic heterocycles. The lowest BCUT2D eigenvalue weighted by Gasteiger charge is -2.10. The molecule has 9 heteroatoms. The average Bonchev–Trinajstić information content (AvgIpc) is 2.85. The summed E-state index contributed by atoms with van der Waals surface area (Å²) < 4.78 is 5.26. The molecule has 0 aliphatic carbocycles. The van der Waals surface area contributed by atoms with Crippen molar-refractivity contribution in [1.29, 1.82) is 0 Å². The first-order valence-corrected chi connectivity index (χ1v) is 6.49. The summed E-state index contributed by atoms with van der Waals surface area (Å²) in [6.07, 6.45) is 0. The van der Waals surface area contributed by atoms with Crippen LogP contribution in [0.5, 0.6) is 5.75 Å². The Morgan fingerprint density at radius 3 is 2.70 bits per heavy atom. The van der Waals surface area contributed by atoms with Gasteiger partial charge in [0.15, 0.2) is 0 Å². The number of hydrogen-bond acceptors (Lipinski definition) is 6. The van der Waals surface area contributed by atoms with E-state index in [-0.39, 0.29) is 15.0 Å². The number of methoxy groups -OCH3 is 1. The number of rotatable bonds is 4. The van der Waals surface area contributed by atoms with Gasteiger partial charge in [-0.2, -0.15) is 0 Å². The molecule has 0 saturated carbocycles. The van der Waals surface area contributed by atoms with Crippen LogP contribution in [-0.4, -0.2) is 29.1 Å². The fourth-order valence-electron chi connectivity index (χ4n) is 1.43. The molecule has 2 aromatic rings. The molecule has 0 saturated heterocycles. The van der Waals surface area contributed by atoms with E-state index in [1.54, 1.807) is 0 Å². The van der Waals surface area contributed by atoms with Crippen molar-refractivity contribution in [1.82, 2.24) is 10.2 Å². The number of amides is 2. The number of aromatic nitrogens is 2. The number of nitrogens with zero attached hydrogens (tertiary/aromatic N) is 2. The summed E-state index contributed by atoms with van der Waals surface area (Å²) in [5.74, 6) is -0.726. The Hall–Kier alpha value is -2.19. The van der Waals surface area contributed by atoms with Crippen LogP contribution >= 0.6 is 22.9 Å². The van der Waals surface area contributed by atoms with E-state index in [4.69, 9.17) is 22.1 Å². The predicted molar refractivity (Wildman–Crippen MR) is 74.4 cm³/mol. The normalized spacial score (nSPS) is 10.1. The Morgan fingerprint density at radius 1 is 1.40 bits per heavy atom. The molecule has 1 aromatic carbocycles. The fraction of sp³-hybridized carbons (Fsp3) is 0.0909. The van der Waals surface area contributed by atoms with Crippen LogP contribution in [0.15, 0.2) is 18.2 Å². The van der Waals surface area contributed by atoms with Gasteiger partial charge < -0.3 is 15.8 Å². The van der Waals surface area contributed by atoms with Crippen molar-refractivity contribution in [2.45, 2.75) is 0 Å². The quantitative estimate of drug-likeness (QED) is 0.890. The summed E-state index contributed by atoms with van der Waals surface area (Å²) in [7, 11) is 1.44. The summed E-state index contributed by atoms with van der Waals surface area (Å²) >= 11 is 6.55. The number of primary amides is 1. The fourth-order valence-corrected chi connectivity index (χ4v) is 2.16. The van der Waals surface area contributed by atoms with E-state index in [1.807, 2.05) is 0 Å². The predicted octanol–water partition coefficient (Wildman–Crippen LogP) is 1.55. The summed E-state index contributed by atoms with van der Waals surface area (Å²) in [6, 6.07) is 4.45. The highest BCUT2D eigenvalue weighted by molar-refractivity contribution is 7.17. The number of nitrogens with two attached hydrogens (primary N) is 1. The van der Waals surface area contributed by atoms with Gasteiger partial charge in [-0.15, -0.1) is 10.2 Å². The molecule has 1 heterocycles. The SMILES string of the molecule is COc1ccc(C(N)=O)cc1NC(=O)c1nnc(Cl)s1. The van der Waals surface area contributed by atoms with Crippen molar-refractivity contribution in [2.75, 3.05) is 12.4 Å². The smallest absolute Gasteiger partial charge is 0.286 e. The van der Waals surface area contributed by atoms with Crippen LogP contribution in [0.4, 0.5) is 5.69 Å². The van der Waals surface area contributed by atoms with Crippen LogP contribution in [0.25, 0.3) is 0 Å². The van der Waals surface area contributed by atoms with Crippen LogP contribution in [0.2, 0.25) is 4.47 Å². The molecule has 20 heavy (non-hydrogen) atoms. The number of hydrogen-bond donors (Lipinski definition) is 2. The van der Waals surface area contributed by atoms with Crippen molar-refractivity contribution in [3.05, 3.63) is 33.2 Å². The van der Waals surface area contributed by atoms with E-state index in [2.05, 4.69) is 15.5 Å². The summed E-state index contributed by atoms with van der Waals surface area (Å²) in [6.45, 7) is 0. The van der Waals surface area contributed by atoms with Crippen molar-refractivity contribution in [3.8, 4) is 5.75 Å². The van der Waals surface area contributed by atoms with Crippen molar-refractivity contribution in [3.63, 3.8) is 0 Å². The van der Waals surface area contributed by atoms with Gasteiger partial charge in [0.05, 0.1) is 12.8 Å². The lowest BCUT2D eigenvalue weighted by Crippen LogP contribution is -2.15. The third kappa shape index (κ3) is 3.03. The zero-order chi connectivity index (χ0) is 14.7. The molecular weight excluding hydrogens is 304 g/mol. The highest BCUT2D eigenvalue weighted by Gasteiger charge is 2.15. The first-order valence-electron chi connectivity index (χ1n) is 5.29. The van der Waals surface area contributed by atoms with Crippen LogP contribution in [-0.2, 0) is 0 Å². The zero-order valence-corrected chi connectivity index (χ0v) is 11.8. The highest BCUT2D eigenvalue weighted by Crippen LogP contribution is 2.26. The number of benzene rings is 1. The molecule has 0 bridgehead atoms. The van der Waals surface area contributed by atoms with Gasteiger partial charge in [-0.1, -0.05) is 11.3 Å². The standard InChI is InChI=1S/C11H9ClN4O3S/c1-19-7-3-2-5(8(13)17)4-6(7)14-9(18)10-15-16-11(12)20-10/h2-4H,1H3,(H2,13,17)(H,14,18). The number of anilines is 1. The van der Waals surface area contributed by atoms with Gasteiger partial charge in [0.2, 0.25) is 15.4 Å². The summed E-state index contributed by atoms with van der Waals surface area (Å²) in [5, 5.41) is 9.81. The van der Waals surface area contributed by atoms with E-state index in [0.29, 0.717) is 11.4 Å². The van der Waals surface area contributed by atoms with Crippen molar-refractivity contribution in [2.24, 2.45) is 5.73 Å². The van der Waals surface area contributed by atoms with Gasteiger partial charge in [0.25, 0.3) is 5.91 Å². The highest BCUT2D eigenvalue weighted by atomic mass is 35.5. The third-order valence-corrected chi connectivity index (χ3v) is 3.34. The van der Waals surface area contributed by atoms with Gasteiger partial charge in [0, 0.05) is 5.56 Å². The Labute approximate surface area is 122 Å². The van der Waals surface area contributed by atoms with E-state index < -0.39 is 11.8 Å². The van der Waals surface area contributed by atoms with E-state index in [0.717, 1.165) is 11.3 Å². The largest absolute Gasteiger partial charge is 0.495 e. The first-order chi connectivity index (χ1) is 9.51. The number of carbonyl (C=O) groups excluding carboxylic acids is 2. The second-order valence-electron chi connectivity index (χ2n) is 3.59. The molecule has 2 amide bonds. The molecule has 0 unspecified atom stereocenters. The van der Waals surface area contributed by atoms with Gasteiger partial charge in [-0.05, 0) is 29.8 Å². The Morgan fingerprint density at radius 2 is 2.15 bits per heavy atom. The second-order valence-corrected chi connectivity index (χ2v) is 5.15. The average molecular weight is 313 g/mol. The number of carbonyl (C=O) groups is 2. The molecule has 2 rings (SSSR count). The maximum atomic E-state index is 11.9. The van der Waals surface area contributed by atoms with E-state index >= 15 is 0 Å². The van der Waals surface area contributed by atoms with Crippen molar-refractivity contribution >= 4 is 40.4 Å². The molecule has 0 radical (unpaired) electrons. The van der Waals surface area contributed by atoms with Gasteiger partial charge in [-0.25, -0.2) is 0 Å². The molecule has 0 spiro atoms. The molecular formula is C11H9ClN4O3S. The molecule has 104 valence electrons. The Balaban J connectivity index is 2.29. The maximum Gasteiger partial charge on any atom is 0.286 e. The monoisotopic (exact) mass is 312 g/mol. The number of nitrogens with one attached hydrogen (secondary N) is 1. The Bertz CT molecular complexity index is 673. The molecule has 0 atom stereocenters. The van der Waals surface area contributed by atoms with Gasteiger partial charge >= 0.3 is 0 Å². The van der Waals surface area contributed by atoms with Crippen LogP contribution in [0, 0.1) is 0 Å². The van der Waals surface area contributed by atoms with Gasteiger partial charge in [-0.3, -0.25) is 9.59 Å². The van der Waals surface area contributed by atoms with Crippen LogP contribution in [0.1, 0.15) is 20.2 Å². The molecule has 0 fully saturated rings. The third-order valence-electron chi connectivity index (χ3n) is 2.33. The maximum absolute atomic E-state index is 11.9. The van der Waals surface area contributed by atoms with Crippen molar-refractivity contribution < 1.29 is 14.3 Å². The minimum absolute atomic E-state index is 0.0986. The zero-order valence-electron chi connectivity index (χ0n) is 10.2. The topological polar surface area (TPSA) is 107 Å². The summed E-state index contributed by atoms with van der Waals surface area (Å²) in [4.78, 5) is 23.1. The minimum Gasteiger partial charge on any atom is -0.495 e. The first kappa shape index (κ1) is 14.2. The molecule has 0 aliphatic rings. The molecule has 3 N–H and O–H groups in total. The summed E-state index contributed by atoms with van der Waals surface area (Å²) in [5.41, 5.74) is 5.74. The second kappa shape index (κ2) is 5.85. The van der Waals surface area contributed by atoms with Gasteiger partial charge in [0.1, 0.15) is 5.75 Å². The molecule has 7 nitrogen and oxygen atoms in total. The van der Waals surface area contributed by atoms with E-state index in [9.17, 15) is 9.59 Å². The molecule has 0 aliphatic heterocycles. The number of halogens is 1. The van der Waals surface area contributed by atoms with Crippen LogP contribution < -0.4 is 15.8 Å².